The normalized spacial score (nSPS) is 18.2. The predicted octanol–water partition coefficient (Wildman–Crippen LogP) is 1.63. The summed E-state index contributed by atoms with van der Waals surface area (Å²) in [5.41, 5.74) is 9.65. The van der Waals surface area contributed by atoms with Crippen LogP contribution < -0.4 is 11.1 Å². The predicted molar refractivity (Wildman–Crippen MR) is 122 cm³/mol. The van der Waals surface area contributed by atoms with Crippen LogP contribution in [0.3, 0.4) is 0 Å². The summed E-state index contributed by atoms with van der Waals surface area (Å²) < 4.78 is 1.60. The highest BCUT2D eigenvalue weighted by Gasteiger charge is 2.24. The summed E-state index contributed by atoms with van der Waals surface area (Å²) in [6.45, 7) is 1.77. The minimum absolute atomic E-state index is 0.154. The van der Waals surface area contributed by atoms with Crippen LogP contribution >= 0.6 is 0 Å². The van der Waals surface area contributed by atoms with Gasteiger partial charge in [-0.05, 0) is 25.7 Å². The van der Waals surface area contributed by atoms with Gasteiger partial charge in [0.1, 0.15) is 23.5 Å². The van der Waals surface area contributed by atoms with E-state index < -0.39 is 0 Å². The number of nitrogens with zero attached hydrogens (tertiary/aromatic N) is 7. The Morgan fingerprint density at radius 3 is 2.79 bits per heavy atom. The molecule has 11 nitrogen and oxygen atoms in total. The third-order valence-electron chi connectivity index (χ3n) is 5.84. The molecule has 2 atom stereocenters. The number of anilines is 2. The van der Waals surface area contributed by atoms with Crippen LogP contribution in [0.15, 0.2) is 30.9 Å². The number of fused-ring (bicyclic) bond motifs is 1. The van der Waals surface area contributed by atoms with Crippen LogP contribution in [-0.4, -0.2) is 57.1 Å². The van der Waals surface area contributed by atoms with Gasteiger partial charge in [0.25, 0.3) is 0 Å². The lowest BCUT2D eigenvalue weighted by molar-refractivity contribution is 0.182. The van der Waals surface area contributed by atoms with E-state index in [0.29, 0.717) is 47.2 Å². The van der Waals surface area contributed by atoms with Crippen LogP contribution in [0.2, 0.25) is 0 Å². The van der Waals surface area contributed by atoms with Crippen molar-refractivity contribution in [3.8, 4) is 16.9 Å². The number of aryl methyl sites for hydroxylation is 1. The largest absolute Gasteiger partial charge is 0.393 e. The quantitative estimate of drug-likeness (QED) is 0.342. The molecule has 0 unspecified atom stereocenters. The lowest BCUT2D eigenvalue weighted by atomic mass is 10.1. The smallest absolute Gasteiger partial charge is 0.157 e. The fraction of sp³-hybridized carbons (Fsp3) is 0.364. The molecule has 0 saturated heterocycles. The van der Waals surface area contributed by atoms with E-state index in [1.54, 1.807) is 29.3 Å². The zero-order valence-corrected chi connectivity index (χ0v) is 18.2. The number of hydrogen-bond donors (Lipinski definition) is 4. The second kappa shape index (κ2) is 8.68. The lowest BCUT2D eigenvalue weighted by Gasteiger charge is -2.17. The van der Waals surface area contributed by atoms with Gasteiger partial charge < -0.3 is 21.3 Å². The number of nitrogen functional groups attached to an aromatic ring is 1. The van der Waals surface area contributed by atoms with Crippen LogP contribution in [0.25, 0.3) is 28.0 Å². The van der Waals surface area contributed by atoms with E-state index in [0.717, 1.165) is 29.7 Å². The Kier molecular flexibility index (Phi) is 5.56. The van der Waals surface area contributed by atoms with E-state index in [2.05, 4.69) is 25.4 Å². The maximum Gasteiger partial charge on any atom is 0.157 e. The molecule has 0 bridgehead atoms. The number of nitrogens with two attached hydrogens (primary N) is 1. The Labute approximate surface area is 189 Å². The first-order valence-corrected chi connectivity index (χ1v) is 10.9. The molecule has 1 aliphatic rings. The summed E-state index contributed by atoms with van der Waals surface area (Å²) in [5, 5.41) is 27.1. The van der Waals surface area contributed by atoms with Crippen molar-refractivity contribution in [1.29, 1.82) is 0 Å². The molecule has 0 aromatic carbocycles. The van der Waals surface area contributed by atoms with Gasteiger partial charge in [0.2, 0.25) is 0 Å². The summed E-state index contributed by atoms with van der Waals surface area (Å²) in [6, 6.07) is 1.86. The van der Waals surface area contributed by atoms with Crippen molar-refractivity contribution in [1.82, 2.24) is 34.7 Å². The number of aliphatic hydroxyl groups is 2. The molecular weight excluding hydrogens is 422 g/mol. The van der Waals surface area contributed by atoms with E-state index in [1.807, 2.05) is 13.1 Å². The van der Waals surface area contributed by atoms with Gasteiger partial charge in [-0.1, -0.05) is 6.92 Å². The number of rotatable bonds is 6. The molecular formula is C22H25N9O2. The molecule has 11 heteroatoms. The Morgan fingerprint density at radius 2 is 2.03 bits per heavy atom. The zero-order valence-electron chi connectivity index (χ0n) is 18.2. The van der Waals surface area contributed by atoms with Crippen LogP contribution in [0.1, 0.15) is 37.7 Å². The van der Waals surface area contributed by atoms with Gasteiger partial charge in [-0.3, -0.25) is 0 Å². The van der Waals surface area contributed by atoms with Crippen molar-refractivity contribution in [2.45, 2.75) is 51.4 Å². The van der Waals surface area contributed by atoms with Crippen LogP contribution in [-0.2, 0) is 13.0 Å². The first kappa shape index (κ1) is 21.2. The standard InChI is InChI=1S/C22H25N9O2/c1-2-16-22(27-13-3-4-14(33)7-13)30-19-15(9-25-21(23)20(19)28-16)12-8-26-31(10-12)18-5-6-24-17(11-32)29-18/h5-6,8-10,13-14,32-33H,2-4,7,11H2,1H3,(H2,23,25)(H,27,30)/t13-,14+/m1/s1. The Balaban J connectivity index is 1.57. The van der Waals surface area contributed by atoms with Crippen LogP contribution in [0.4, 0.5) is 11.6 Å². The molecule has 5 rings (SSSR count). The molecule has 1 aliphatic carbocycles. The first-order chi connectivity index (χ1) is 16.1. The molecule has 170 valence electrons. The topological polar surface area (TPSA) is 161 Å². The summed E-state index contributed by atoms with van der Waals surface area (Å²) in [5.74, 6) is 1.87. The molecule has 0 radical (unpaired) electrons. The van der Waals surface area contributed by atoms with E-state index in [-0.39, 0.29) is 18.8 Å². The summed E-state index contributed by atoms with van der Waals surface area (Å²) >= 11 is 0. The summed E-state index contributed by atoms with van der Waals surface area (Å²) in [6.07, 6.45) is 9.51. The maximum atomic E-state index is 9.90. The van der Waals surface area contributed by atoms with Gasteiger partial charge in [0, 0.05) is 41.8 Å². The maximum absolute atomic E-state index is 9.90. The number of aromatic nitrogens is 7. The SMILES string of the molecule is CCc1nc2c(N)ncc(-c3cnn(-c4ccnc(CO)n4)c3)c2nc1N[C@@H]1CC[C@H](O)C1. The minimum atomic E-state index is -0.282. The summed E-state index contributed by atoms with van der Waals surface area (Å²) in [4.78, 5) is 22.3. The van der Waals surface area contributed by atoms with E-state index in [1.165, 1.54) is 0 Å². The average molecular weight is 448 g/mol. The Bertz CT molecular complexity index is 1310. The van der Waals surface area contributed by atoms with Crippen molar-refractivity contribution in [2.75, 3.05) is 11.1 Å². The van der Waals surface area contributed by atoms with Gasteiger partial charge in [0.15, 0.2) is 17.5 Å². The van der Waals surface area contributed by atoms with Gasteiger partial charge >= 0.3 is 0 Å². The van der Waals surface area contributed by atoms with Gasteiger partial charge in [-0.25, -0.2) is 29.6 Å². The highest BCUT2D eigenvalue weighted by molar-refractivity contribution is 5.96. The average Bonchev–Trinajstić information content (AvgIpc) is 3.48. The minimum Gasteiger partial charge on any atom is -0.393 e. The molecule has 0 amide bonds. The molecule has 33 heavy (non-hydrogen) atoms. The Morgan fingerprint density at radius 1 is 1.15 bits per heavy atom. The molecule has 4 heterocycles. The van der Waals surface area contributed by atoms with E-state index in [4.69, 9.17) is 15.7 Å². The van der Waals surface area contributed by atoms with Crippen molar-refractivity contribution < 1.29 is 10.2 Å². The van der Waals surface area contributed by atoms with Gasteiger partial charge in [-0.15, -0.1) is 0 Å². The molecule has 0 aliphatic heterocycles. The van der Waals surface area contributed by atoms with Crippen molar-refractivity contribution in [2.24, 2.45) is 0 Å². The summed E-state index contributed by atoms with van der Waals surface area (Å²) in [7, 11) is 0. The van der Waals surface area contributed by atoms with E-state index >= 15 is 0 Å². The lowest BCUT2D eigenvalue weighted by Crippen LogP contribution is -2.19. The molecule has 5 N–H and O–H groups in total. The highest BCUT2D eigenvalue weighted by Crippen LogP contribution is 2.32. The third-order valence-corrected chi connectivity index (χ3v) is 5.84. The van der Waals surface area contributed by atoms with Gasteiger partial charge in [0.05, 0.1) is 18.0 Å². The van der Waals surface area contributed by atoms with Crippen molar-refractivity contribution in [3.05, 3.63) is 42.4 Å². The molecule has 1 saturated carbocycles. The monoisotopic (exact) mass is 447 g/mol. The second-order valence-electron chi connectivity index (χ2n) is 8.10. The third kappa shape index (κ3) is 4.08. The van der Waals surface area contributed by atoms with Crippen LogP contribution in [0.5, 0.6) is 0 Å². The fourth-order valence-corrected chi connectivity index (χ4v) is 4.13. The van der Waals surface area contributed by atoms with E-state index in [9.17, 15) is 10.2 Å². The fourth-order valence-electron chi connectivity index (χ4n) is 4.13. The molecule has 0 spiro atoms. The van der Waals surface area contributed by atoms with Crippen molar-refractivity contribution in [3.63, 3.8) is 0 Å². The number of nitrogens with one attached hydrogen (secondary N) is 1. The number of aliphatic hydroxyl groups excluding tert-OH is 2. The first-order valence-electron chi connectivity index (χ1n) is 10.9. The van der Waals surface area contributed by atoms with Crippen molar-refractivity contribution >= 4 is 22.7 Å². The highest BCUT2D eigenvalue weighted by atomic mass is 16.3. The molecule has 1 fully saturated rings. The number of pyridine rings is 1. The van der Waals surface area contributed by atoms with Crippen LogP contribution in [0, 0.1) is 0 Å². The molecule has 4 aromatic rings. The zero-order chi connectivity index (χ0) is 22.9. The number of hydrogen-bond acceptors (Lipinski definition) is 10. The molecule has 4 aromatic heterocycles. The van der Waals surface area contributed by atoms with Gasteiger partial charge in [-0.2, -0.15) is 5.10 Å². The Hall–Kier alpha value is -3.70. The second-order valence-corrected chi connectivity index (χ2v) is 8.10.